The van der Waals surface area contributed by atoms with Crippen molar-refractivity contribution in [2.45, 2.75) is 18.9 Å². The molecule has 0 unspecified atom stereocenters. The van der Waals surface area contributed by atoms with Crippen molar-refractivity contribution in [3.05, 3.63) is 34.9 Å². The second-order valence-electron chi connectivity index (χ2n) is 4.65. The maximum Gasteiger partial charge on any atom is 0.252 e. The zero-order valence-electron chi connectivity index (χ0n) is 11.4. The third-order valence-corrected chi connectivity index (χ3v) is 3.29. The Bertz CT molecular complexity index is 500. The van der Waals surface area contributed by atoms with Gasteiger partial charge < -0.3 is 16.0 Å². The minimum atomic E-state index is -0.164. The van der Waals surface area contributed by atoms with Crippen LogP contribution in [0.15, 0.2) is 29.3 Å². The van der Waals surface area contributed by atoms with E-state index in [9.17, 15) is 4.79 Å². The van der Waals surface area contributed by atoms with Crippen LogP contribution in [0, 0.1) is 0 Å². The van der Waals surface area contributed by atoms with Gasteiger partial charge in [-0.2, -0.15) is 0 Å². The monoisotopic (exact) mass is 294 g/mol. The molecule has 3 N–H and O–H groups in total. The molecule has 0 heterocycles. The van der Waals surface area contributed by atoms with E-state index in [1.165, 1.54) is 12.8 Å². The zero-order chi connectivity index (χ0) is 14.4. The summed E-state index contributed by atoms with van der Waals surface area (Å²) in [5, 5.41) is 9.71. The Balaban J connectivity index is 1.70. The lowest BCUT2D eigenvalue weighted by Crippen LogP contribution is -2.42. The van der Waals surface area contributed by atoms with Crippen molar-refractivity contribution in [2.75, 3.05) is 20.1 Å². The van der Waals surface area contributed by atoms with Gasteiger partial charge in [-0.1, -0.05) is 23.7 Å². The summed E-state index contributed by atoms with van der Waals surface area (Å²) in [4.78, 5) is 16.0. The number of rotatable bonds is 5. The molecule has 0 aromatic heterocycles. The molecule has 1 aromatic carbocycles. The van der Waals surface area contributed by atoms with Crippen LogP contribution in [0.25, 0.3) is 0 Å². The first-order valence-electron chi connectivity index (χ1n) is 6.70. The summed E-state index contributed by atoms with van der Waals surface area (Å²) >= 11 is 5.96. The Kier molecular flexibility index (Phi) is 5.24. The Labute approximate surface area is 123 Å². The first-order chi connectivity index (χ1) is 9.70. The highest BCUT2D eigenvalue weighted by atomic mass is 35.5. The van der Waals surface area contributed by atoms with Gasteiger partial charge in [-0.15, -0.1) is 0 Å². The van der Waals surface area contributed by atoms with Crippen molar-refractivity contribution in [1.29, 1.82) is 0 Å². The maximum atomic E-state index is 11.9. The van der Waals surface area contributed by atoms with Gasteiger partial charge in [0.05, 0.1) is 10.6 Å². The van der Waals surface area contributed by atoms with Crippen LogP contribution in [0.4, 0.5) is 0 Å². The summed E-state index contributed by atoms with van der Waals surface area (Å²) in [6.45, 7) is 1.12. The summed E-state index contributed by atoms with van der Waals surface area (Å²) in [5.74, 6) is 0.613. The summed E-state index contributed by atoms with van der Waals surface area (Å²) in [6.07, 6.45) is 2.40. The van der Waals surface area contributed by atoms with E-state index in [0.717, 1.165) is 5.96 Å². The van der Waals surface area contributed by atoms with Crippen LogP contribution in [-0.2, 0) is 0 Å². The van der Waals surface area contributed by atoms with Crippen LogP contribution in [0.2, 0.25) is 5.02 Å². The number of halogens is 1. The molecule has 5 nitrogen and oxygen atoms in total. The van der Waals surface area contributed by atoms with E-state index in [1.54, 1.807) is 31.3 Å². The highest BCUT2D eigenvalue weighted by Gasteiger charge is 2.21. The predicted octanol–water partition coefficient (Wildman–Crippen LogP) is 1.40. The molecule has 0 radical (unpaired) electrons. The number of aliphatic imine (C=N–C) groups is 1. The predicted molar refractivity (Wildman–Crippen MR) is 81.3 cm³/mol. The lowest BCUT2D eigenvalue weighted by molar-refractivity contribution is 0.0954. The summed E-state index contributed by atoms with van der Waals surface area (Å²) in [7, 11) is 1.74. The van der Waals surface area contributed by atoms with E-state index in [2.05, 4.69) is 20.9 Å². The quantitative estimate of drug-likeness (QED) is 0.437. The lowest BCUT2D eigenvalue weighted by atomic mass is 10.2. The van der Waals surface area contributed by atoms with Gasteiger partial charge in [0.1, 0.15) is 0 Å². The second kappa shape index (κ2) is 7.14. The summed E-state index contributed by atoms with van der Waals surface area (Å²) in [5.41, 5.74) is 0.495. The number of amides is 1. The molecule has 108 valence electrons. The number of guanidine groups is 1. The average molecular weight is 295 g/mol. The molecule has 0 aliphatic heterocycles. The van der Waals surface area contributed by atoms with Crippen LogP contribution in [0.3, 0.4) is 0 Å². The highest BCUT2D eigenvalue weighted by molar-refractivity contribution is 6.33. The van der Waals surface area contributed by atoms with Gasteiger partial charge in [0, 0.05) is 26.2 Å². The van der Waals surface area contributed by atoms with Gasteiger partial charge in [0.15, 0.2) is 5.96 Å². The van der Waals surface area contributed by atoms with Crippen LogP contribution >= 0.6 is 11.6 Å². The second-order valence-corrected chi connectivity index (χ2v) is 5.06. The number of carbonyl (C=O) groups is 1. The summed E-state index contributed by atoms with van der Waals surface area (Å²) < 4.78 is 0. The molecule has 1 aliphatic carbocycles. The molecule has 20 heavy (non-hydrogen) atoms. The van der Waals surface area contributed by atoms with Gasteiger partial charge in [-0.25, -0.2) is 0 Å². The number of carbonyl (C=O) groups excluding carboxylic acids is 1. The topological polar surface area (TPSA) is 65.5 Å². The van der Waals surface area contributed by atoms with Crippen LogP contribution in [0.1, 0.15) is 23.2 Å². The van der Waals surface area contributed by atoms with Crippen molar-refractivity contribution in [3.63, 3.8) is 0 Å². The first kappa shape index (κ1) is 14.7. The van der Waals surface area contributed by atoms with Crippen molar-refractivity contribution in [1.82, 2.24) is 16.0 Å². The van der Waals surface area contributed by atoms with Crippen molar-refractivity contribution in [2.24, 2.45) is 4.99 Å². The van der Waals surface area contributed by atoms with Crippen molar-refractivity contribution >= 4 is 23.5 Å². The molecule has 0 bridgehead atoms. The van der Waals surface area contributed by atoms with E-state index in [1.807, 2.05) is 0 Å². The Morgan fingerprint density at radius 2 is 2.00 bits per heavy atom. The minimum Gasteiger partial charge on any atom is -0.355 e. The molecule has 0 saturated heterocycles. The average Bonchev–Trinajstić information content (AvgIpc) is 3.26. The van der Waals surface area contributed by atoms with E-state index < -0.39 is 0 Å². The number of hydrogen-bond acceptors (Lipinski definition) is 2. The highest BCUT2D eigenvalue weighted by Crippen LogP contribution is 2.18. The fourth-order valence-electron chi connectivity index (χ4n) is 1.71. The van der Waals surface area contributed by atoms with E-state index in [0.29, 0.717) is 29.7 Å². The fourth-order valence-corrected chi connectivity index (χ4v) is 1.93. The molecule has 0 atom stereocenters. The number of benzene rings is 1. The number of nitrogens with zero attached hydrogens (tertiary/aromatic N) is 1. The third kappa shape index (κ3) is 4.42. The lowest BCUT2D eigenvalue weighted by Gasteiger charge is -2.11. The normalized spacial score (nSPS) is 14.8. The molecule has 1 aromatic rings. The van der Waals surface area contributed by atoms with Gasteiger partial charge in [-0.05, 0) is 25.0 Å². The van der Waals surface area contributed by atoms with E-state index in [-0.39, 0.29) is 5.91 Å². The van der Waals surface area contributed by atoms with Crippen LogP contribution < -0.4 is 16.0 Å². The standard InChI is InChI=1S/C14H19ClN4O/c1-16-14(19-10-6-7-10)18-9-8-17-13(20)11-4-2-3-5-12(11)15/h2-5,10H,6-9H2,1H3,(H,17,20)(H2,16,18,19). The molecule has 1 fully saturated rings. The molecule has 1 saturated carbocycles. The SMILES string of the molecule is CN=C(NCCNC(=O)c1ccccc1Cl)NC1CC1. The fraction of sp³-hybridized carbons (Fsp3) is 0.429. The molecule has 1 aliphatic rings. The Morgan fingerprint density at radius 3 is 2.65 bits per heavy atom. The molecule has 2 rings (SSSR count). The van der Waals surface area contributed by atoms with Gasteiger partial charge >= 0.3 is 0 Å². The van der Waals surface area contributed by atoms with Gasteiger partial charge in [0.25, 0.3) is 5.91 Å². The largest absolute Gasteiger partial charge is 0.355 e. The van der Waals surface area contributed by atoms with E-state index >= 15 is 0 Å². The Morgan fingerprint density at radius 1 is 1.30 bits per heavy atom. The Hall–Kier alpha value is -1.75. The zero-order valence-corrected chi connectivity index (χ0v) is 12.2. The van der Waals surface area contributed by atoms with Crippen LogP contribution in [0.5, 0.6) is 0 Å². The number of hydrogen-bond donors (Lipinski definition) is 3. The van der Waals surface area contributed by atoms with Crippen LogP contribution in [-0.4, -0.2) is 38.0 Å². The van der Waals surface area contributed by atoms with Crippen molar-refractivity contribution in [3.8, 4) is 0 Å². The molecule has 6 heteroatoms. The minimum absolute atomic E-state index is 0.164. The van der Waals surface area contributed by atoms with Gasteiger partial charge in [0.2, 0.25) is 0 Å². The first-order valence-corrected chi connectivity index (χ1v) is 7.08. The maximum absolute atomic E-state index is 11.9. The molecule has 0 spiro atoms. The number of nitrogens with one attached hydrogen (secondary N) is 3. The molecular formula is C14H19ClN4O. The third-order valence-electron chi connectivity index (χ3n) is 2.96. The summed E-state index contributed by atoms with van der Waals surface area (Å²) in [6, 6.07) is 7.56. The van der Waals surface area contributed by atoms with Gasteiger partial charge in [-0.3, -0.25) is 9.79 Å². The molecule has 1 amide bonds. The van der Waals surface area contributed by atoms with E-state index in [4.69, 9.17) is 11.6 Å². The molecular weight excluding hydrogens is 276 g/mol. The van der Waals surface area contributed by atoms with Crippen molar-refractivity contribution < 1.29 is 4.79 Å². The smallest absolute Gasteiger partial charge is 0.252 e.